The molecule has 0 heterocycles. The highest BCUT2D eigenvalue weighted by molar-refractivity contribution is 7.90. The lowest BCUT2D eigenvalue weighted by molar-refractivity contribution is -0.123. The summed E-state index contributed by atoms with van der Waals surface area (Å²) in [6, 6.07) is 11.8. The number of Topliss-reactive ketones (excluding diaryl/α,β-unsaturated/α-hetero) is 1. The molecule has 2 rings (SSSR count). The Balaban J connectivity index is 1.67. The van der Waals surface area contributed by atoms with Crippen LogP contribution in [0.2, 0.25) is 0 Å². The van der Waals surface area contributed by atoms with Crippen molar-refractivity contribution in [3.05, 3.63) is 105 Å². The summed E-state index contributed by atoms with van der Waals surface area (Å²) >= 11 is 0. The lowest BCUT2D eigenvalue weighted by Crippen LogP contribution is -2.31. The Morgan fingerprint density at radius 3 is 1.88 bits per heavy atom. The van der Waals surface area contributed by atoms with Crippen molar-refractivity contribution in [2.75, 3.05) is 6.54 Å². The Kier molecular flexibility index (Phi) is 13.5. The molecule has 0 radical (unpaired) electrons. The molecule has 15 heteroatoms. The number of carbonyl (C=O) groups excluding carboxylic acids is 2. The van der Waals surface area contributed by atoms with Gasteiger partial charge in [0.15, 0.2) is 0 Å². The molecule has 42 heavy (non-hydrogen) atoms. The van der Waals surface area contributed by atoms with Crippen molar-refractivity contribution in [1.29, 1.82) is 0 Å². The van der Waals surface area contributed by atoms with Crippen LogP contribution >= 0.6 is 0 Å². The lowest BCUT2D eigenvalue weighted by atomic mass is 10.0. The normalized spacial score (nSPS) is 12.1. The third-order valence-electron chi connectivity index (χ3n) is 6.14. The van der Waals surface area contributed by atoms with E-state index in [2.05, 4.69) is 30.8 Å². The zero-order chi connectivity index (χ0) is 31.0. The largest absolute Gasteiger partial charge is 0.355 e. The van der Waals surface area contributed by atoms with Crippen molar-refractivity contribution >= 4 is 31.7 Å². The molecule has 0 fully saturated rings. The first-order chi connectivity index (χ1) is 20.0. The number of nitrogens with zero attached hydrogens (tertiary/aromatic N) is 6. The molecule has 1 unspecified atom stereocenters. The van der Waals surface area contributed by atoms with Crippen molar-refractivity contribution in [2.24, 2.45) is 15.0 Å². The van der Waals surface area contributed by atoms with E-state index in [0.29, 0.717) is 45.1 Å². The van der Waals surface area contributed by atoms with Crippen LogP contribution in [0.5, 0.6) is 0 Å². The van der Waals surface area contributed by atoms with E-state index in [9.17, 15) is 26.4 Å². The SMILES string of the molecule is C=CC(CC/C=C/CC(=O)CCCc1ccc(S(=O)(=O)N=[N+]=[N-])cc1)C(=O)NCCc1ccc(S(=O)(=O)N=[N+]=[N-])cc1. The molecule has 0 spiro atoms. The van der Waals surface area contributed by atoms with Gasteiger partial charge in [-0.05, 0) is 78.6 Å². The summed E-state index contributed by atoms with van der Waals surface area (Å²) in [6.07, 6.45) is 8.64. The molecule has 0 bridgehead atoms. The number of amides is 1. The first kappa shape index (κ1) is 33.8. The molecule has 0 saturated carbocycles. The quantitative estimate of drug-likeness (QED) is 0.0996. The Morgan fingerprint density at radius 1 is 0.857 bits per heavy atom. The van der Waals surface area contributed by atoms with Gasteiger partial charge in [0.25, 0.3) is 20.0 Å². The zero-order valence-electron chi connectivity index (χ0n) is 22.7. The zero-order valence-corrected chi connectivity index (χ0v) is 24.4. The number of hydrogen-bond donors (Lipinski definition) is 1. The third-order valence-corrected chi connectivity index (χ3v) is 8.45. The van der Waals surface area contributed by atoms with Crippen LogP contribution < -0.4 is 5.32 Å². The molecule has 1 atom stereocenters. The number of aryl methyl sites for hydroxylation is 1. The highest BCUT2D eigenvalue weighted by Crippen LogP contribution is 2.16. The topological polar surface area (TPSA) is 212 Å². The monoisotopic (exact) mass is 613 g/mol. The number of allylic oxidation sites excluding steroid dienone is 2. The molecule has 0 saturated heterocycles. The maximum Gasteiger partial charge on any atom is 0.264 e. The van der Waals surface area contributed by atoms with Gasteiger partial charge in [-0.15, -0.1) is 6.58 Å². The van der Waals surface area contributed by atoms with Gasteiger partial charge in [0.2, 0.25) is 5.91 Å². The second-order valence-corrected chi connectivity index (χ2v) is 12.3. The fourth-order valence-electron chi connectivity index (χ4n) is 3.86. The summed E-state index contributed by atoms with van der Waals surface area (Å²) in [5, 5.41) is 2.84. The van der Waals surface area contributed by atoms with Gasteiger partial charge in [0, 0.05) is 38.2 Å². The van der Waals surface area contributed by atoms with E-state index in [1.54, 1.807) is 36.4 Å². The molecule has 13 nitrogen and oxygen atoms in total. The summed E-state index contributed by atoms with van der Waals surface area (Å²) in [5.74, 6) is -0.523. The highest BCUT2D eigenvalue weighted by Gasteiger charge is 2.14. The first-order valence-electron chi connectivity index (χ1n) is 12.9. The Morgan fingerprint density at radius 2 is 1.38 bits per heavy atom. The van der Waals surface area contributed by atoms with Crippen LogP contribution in [0.25, 0.3) is 20.9 Å². The molecule has 1 N–H and O–H groups in total. The van der Waals surface area contributed by atoms with Crippen molar-refractivity contribution < 1.29 is 26.4 Å². The van der Waals surface area contributed by atoms with Gasteiger partial charge in [0.1, 0.15) is 5.78 Å². The smallest absolute Gasteiger partial charge is 0.264 e. The Bertz CT molecular complexity index is 1590. The fraction of sp³-hybridized carbons (Fsp3) is 0.333. The number of sulfonamides is 2. The van der Waals surface area contributed by atoms with E-state index in [1.807, 2.05) is 6.08 Å². The minimum atomic E-state index is -4.04. The van der Waals surface area contributed by atoms with Crippen LogP contribution in [0.3, 0.4) is 0 Å². The number of rotatable bonds is 18. The van der Waals surface area contributed by atoms with Crippen LogP contribution in [0.4, 0.5) is 0 Å². The van der Waals surface area contributed by atoms with Crippen molar-refractivity contribution in [3.8, 4) is 0 Å². The predicted molar refractivity (Wildman–Crippen MR) is 157 cm³/mol. The van der Waals surface area contributed by atoms with Crippen LogP contribution in [-0.4, -0.2) is 35.1 Å². The second-order valence-electron chi connectivity index (χ2n) is 9.11. The van der Waals surface area contributed by atoms with E-state index in [0.717, 1.165) is 11.1 Å². The van der Waals surface area contributed by atoms with Crippen LogP contribution in [0.1, 0.15) is 43.2 Å². The third kappa shape index (κ3) is 11.2. The van der Waals surface area contributed by atoms with Gasteiger partial charge in [-0.25, -0.2) is 16.8 Å². The van der Waals surface area contributed by atoms with Gasteiger partial charge < -0.3 is 5.32 Å². The molecule has 222 valence electrons. The average molecular weight is 614 g/mol. The molecule has 0 aliphatic carbocycles. The number of carbonyl (C=O) groups is 2. The first-order valence-corrected chi connectivity index (χ1v) is 15.8. The number of nitrogens with one attached hydrogen (secondary N) is 1. The van der Waals surface area contributed by atoms with Crippen LogP contribution in [0.15, 0.2) is 92.2 Å². The summed E-state index contributed by atoms with van der Waals surface area (Å²) in [6.45, 7) is 4.07. The molecule has 0 aromatic heterocycles. The molecule has 0 aliphatic heterocycles. The van der Waals surface area contributed by atoms with E-state index < -0.39 is 26.0 Å². The summed E-state index contributed by atoms with van der Waals surface area (Å²) in [4.78, 5) is 29.1. The number of hydrogen-bond acceptors (Lipinski definition) is 6. The van der Waals surface area contributed by atoms with Crippen molar-refractivity contribution in [2.45, 2.75) is 54.7 Å². The molecule has 0 aliphatic rings. The predicted octanol–water partition coefficient (Wildman–Crippen LogP) is 5.46. The minimum Gasteiger partial charge on any atom is -0.355 e. The van der Waals surface area contributed by atoms with Crippen molar-refractivity contribution in [3.63, 3.8) is 0 Å². The number of benzene rings is 2. The highest BCUT2D eigenvalue weighted by atomic mass is 32.2. The molecule has 1 amide bonds. The van der Waals surface area contributed by atoms with E-state index in [1.165, 1.54) is 24.3 Å². The van der Waals surface area contributed by atoms with Gasteiger partial charge in [-0.2, -0.15) is 0 Å². The van der Waals surface area contributed by atoms with Gasteiger partial charge in [-0.1, -0.05) is 42.5 Å². The van der Waals surface area contributed by atoms with Crippen molar-refractivity contribution in [1.82, 2.24) is 5.32 Å². The number of azide groups is 2. The summed E-state index contributed by atoms with van der Waals surface area (Å²) < 4.78 is 52.4. The standard InChI is InChI=1S/C27H31N7O6S2/c1-2-23(27(36)30-20-19-22-13-17-26(18-14-22)42(39,40)34-32-29)8-4-3-5-9-24(35)10-6-7-21-11-15-25(16-12-21)41(37,38)33-31-28/h2-3,5,11-18,23H,1,4,6-10,19-20H2,(H,30,36)/b5-3+. The maximum atomic E-state index is 12.5. The Labute approximate surface area is 244 Å². The lowest BCUT2D eigenvalue weighted by Gasteiger charge is -2.12. The molecule has 2 aromatic carbocycles. The molecular weight excluding hydrogens is 582 g/mol. The Hall–Kier alpha value is -4.42. The van der Waals surface area contributed by atoms with Gasteiger partial charge in [0.05, 0.1) is 15.7 Å². The second kappa shape index (κ2) is 16.7. The van der Waals surface area contributed by atoms with E-state index in [-0.39, 0.29) is 27.9 Å². The average Bonchev–Trinajstić information content (AvgIpc) is 2.95. The molecular formula is C27H31N7O6S2. The molecule has 2 aromatic rings. The van der Waals surface area contributed by atoms with E-state index >= 15 is 0 Å². The van der Waals surface area contributed by atoms with Gasteiger partial charge in [-0.3, -0.25) is 9.59 Å². The number of ketones is 1. The minimum absolute atomic E-state index is 0.0650. The van der Waals surface area contributed by atoms with Crippen LogP contribution in [0, 0.1) is 5.92 Å². The van der Waals surface area contributed by atoms with E-state index in [4.69, 9.17) is 11.1 Å². The van der Waals surface area contributed by atoms with Gasteiger partial charge >= 0.3 is 0 Å². The fourth-order valence-corrected chi connectivity index (χ4v) is 5.20. The van der Waals surface area contributed by atoms with Crippen LogP contribution in [-0.2, 0) is 42.5 Å². The summed E-state index contributed by atoms with van der Waals surface area (Å²) in [5.41, 5.74) is 18.3. The summed E-state index contributed by atoms with van der Waals surface area (Å²) in [7, 11) is -8.05. The maximum absolute atomic E-state index is 12.5.